The molecule has 134 valence electrons. The highest BCUT2D eigenvalue weighted by molar-refractivity contribution is 7.91. The number of hydrogen-bond acceptors (Lipinski definition) is 5. The Morgan fingerprint density at radius 2 is 1.87 bits per heavy atom. The van der Waals surface area contributed by atoms with Gasteiger partial charge in [0.15, 0.2) is 15.8 Å². The van der Waals surface area contributed by atoms with Crippen LogP contribution in [0.25, 0.3) is 0 Å². The third kappa shape index (κ3) is 6.64. The van der Waals surface area contributed by atoms with Crippen molar-refractivity contribution in [2.24, 2.45) is 4.99 Å². The fourth-order valence-electron chi connectivity index (χ4n) is 3.01. The number of aliphatic imine (C=N–C) groups is 1. The fraction of sp³-hybridized carbons (Fsp3) is 0.933. The van der Waals surface area contributed by atoms with Crippen molar-refractivity contribution in [1.82, 2.24) is 15.5 Å². The minimum absolute atomic E-state index is 0.150. The summed E-state index contributed by atoms with van der Waals surface area (Å²) in [5, 5.41) is 16.3. The van der Waals surface area contributed by atoms with Crippen molar-refractivity contribution in [3.8, 4) is 0 Å². The molecule has 1 saturated heterocycles. The highest BCUT2D eigenvalue weighted by Gasteiger charge is 2.21. The fourth-order valence-corrected chi connectivity index (χ4v) is 4.29. The summed E-state index contributed by atoms with van der Waals surface area (Å²) in [6, 6.07) is 0.372. The van der Waals surface area contributed by atoms with Crippen LogP contribution >= 0.6 is 0 Å². The van der Waals surface area contributed by atoms with Gasteiger partial charge in [-0.2, -0.15) is 0 Å². The number of guanidine groups is 1. The van der Waals surface area contributed by atoms with Crippen molar-refractivity contribution < 1.29 is 13.5 Å². The minimum atomic E-state index is -2.81. The second-order valence-electron chi connectivity index (χ2n) is 6.40. The normalized spacial score (nSPS) is 29.2. The van der Waals surface area contributed by atoms with E-state index in [0.717, 1.165) is 44.7 Å². The summed E-state index contributed by atoms with van der Waals surface area (Å²) in [7, 11) is -2.81. The maximum absolute atomic E-state index is 11.4. The molecule has 0 spiro atoms. The first-order valence-corrected chi connectivity index (χ1v) is 10.5. The average molecular weight is 346 g/mol. The number of nitrogens with zero attached hydrogens (tertiary/aromatic N) is 2. The molecule has 2 rings (SSSR count). The topological polar surface area (TPSA) is 94.0 Å². The molecule has 2 aliphatic rings. The van der Waals surface area contributed by atoms with Crippen LogP contribution in [0.3, 0.4) is 0 Å². The van der Waals surface area contributed by atoms with Gasteiger partial charge in [-0.05, 0) is 32.6 Å². The van der Waals surface area contributed by atoms with Gasteiger partial charge in [0.25, 0.3) is 0 Å². The van der Waals surface area contributed by atoms with Crippen molar-refractivity contribution in [3.63, 3.8) is 0 Å². The lowest BCUT2D eigenvalue weighted by Gasteiger charge is -2.28. The first-order chi connectivity index (χ1) is 11.0. The molecule has 0 bridgehead atoms. The van der Waals surface area contributed by atoms with Crippen LogP contribution in [0.15, 0.2) is 4.99 Å². The molecule has 0 unspecified atom stereocenters. The zero-order chi connectivity index (χ0) is 16.7. The third-order valence-electron chi connectivity index (χ3n) is 4.50. The molecule has 0 radical (unpaired) electrons. The molecule has 3 N–H and O–H groups in total. The van der Waals surface area contributed by atoms with E-state index in [9.17, 15) is 13.5 Å². The van der Waals surface area contributed by atoms with Crippen LogP contribution in [0.1, 0.15) is 32.6 Å². The summed E-state index contributed by atoms with van der Waals surface area (Å²) >= 11 is 0. The van der Waals surface area contributed by atoms with Gasteiger partial charge in [0.05, 0.1) is 24.2 Å². The van der Waals surface area contributed by atoms with E-state index in [2.05, 4.69) is 20.5 Å². The van der Waals surface area contributed by atoms with E-state index in [1.165, 1.54) is 0 Å². The van der Waals surface area contributed by atoms with Gasteiger partial charge in [0, 0.05) is 32.2 Å². The van der Waals surface area contributed by atoms with Gasteiger partial charge < -0.3 is 15.7 Å². The van der Waals surface area contributed by atoms with Gasteiger partial charge in [-0.1, -0.05) is 0 Å². The zero-order valence-electron chi connectivity index (χ0n) is 14.0. The Labute approximate surface area is 139 Å². The molecule has 1 heterocycles. The van der Waals surface area contributed by atoms with Crippen molar-refractivity contribution >= 4 is 15.8 Å². The Hall–Kier alpha value is -0.860. The molecular weight excluding hydrogens is 316 g/mol. The van der Waals surface area contributed by atoms with E-state index in [1.807, 2.05) is 6.92 Å². The van der Waals surface area contributed by atoms with Crippen LogP contribution < -0.4 is 10.6 Å². The first kappa shape index (κ1) is 18.5. The molecule has 0 aromatic rings. The Morgan fingerprint density at radius 3 is 2.48 bits per heavy atom. The highest BCUT2D eigenvalue weighted by Crippen LogP contribution is 2.18. The van der Waals surface area contributed by atoms with Crippen LogP contribution in [0, 0.1) is 0 Å². The smallest absolute Gasteiger partial charge is 0.191 e. The lowest BCUT2D eigenvalue weighted by molar-refractivity contribution is 0.120. The molecule has 1 aliphatic heterocycles. The van der Waals surface area contributed by atoms with E-state index in [0.29, 0.717) is 25.7 Å². The average Bonchev–Trinajstić information content (AvgIpc) is 2.51. The molecule has 23 heavy (non-hydrogen) atoms. The molecule has 2 fully saturated rings. The molecule has 8 heteroatoms. The molecule has 0 aromatic carbocycles. The minimum Gasteiger partial charge on any atom is -0.393 e. The predicted octanol–water partition coefficient (Wildman–Crippen LogP) is -0.425. The summed E-state index contributed by atoms with van der Waals surface area (Å²) in [5.74, 6) is 1.34. The predicted molar refractivity (Wildman–Crippen MR) is 92.5 cm³/mol. The van der Waals surface area contributed by atoms with Crippen molar-refractivity contribution in [2.45, 2.75) is 44.8 Å². The molecule has 1 saturated carbocycles. The molecule has 0 amide bonds. The Bertz CT molecular complexity index is 473. The van der Waals surface area contributed by atoms with Crippen LogP contribution in [0.2, 0.25) is 0 Å². The molecule has 0 aromatic heterocycles. The van der Waals surface area contributed by atoms with Gasteiger partial charge in [0.2, 0.25) is 0 Å². The quantitative estimate of drug-likeness (QED) is 0.462. The standard InChI is InChI=1S/C15H30N4O3S/c1-2-16-15(18-13-3-5-14(20)6-4-13)17-7-8-19-9-11-23(21,22)12-10-19/h13-14,20H,2-12H2,1H3,(H2,16,17,18). The molecular formula is C15H30N4O3S. The van der Waals surface area contributed by atoms with Crippen molar-refractivity contribution in [1.29, 1.82) is 0 Å². The molecule has 1 aliphatic carbocycles. The van der Waals surface area contributed by atoms with E-state index < -0.39 is 9.84 Å². The number of rotatable bonds is 5. The number of sulfone groups is 1. The van der Waals surface area contributed by atoms with Crippen molar-refractivity contribution in [3.05, 3.63) is 0 Å². The van der Waals surface area contributed by atoms with Crippen LogP contribution in [-0.4, -0.2) is 80.8 Å². The lowest BCUT2D eigenvalue weighted by Crippen LogP contribution is -2.46. The summed E-state index contributed by atoms with van der Waals surface area (Å²) in [4.78, 5) is 6.76. The Morgan fingerprint density at radius 1 is 1.22 bits per heavy atom. The van der Waals surface area contributed by atoms with Crippen molar-refractivity contribution in [2.75, 3.05) is 44.2 Å². The summed E-state index contributed by atoms with van der Waals surface area (Å²) < 4.78 is 22.8. The largest absolute Gasteiger partial charge is 0.393 e. The molecule has 0 atom stereocenters. The maximum Gasteiger partial charge on any atom is 0.191 e. The molecule has 7 nitrogen and oxygen atoms in total. The van der Waals surface area contributed by atoms with Gasteiger partial charge in [-0.15, -0.1) is 0 Å². The number of hydrogen-bond donors (Lipinski definition) is 3. The maximum atomic E-state index is 11.4. The highest BCUT2D eigenvalue weighted by atomic mass is 32.2. The van der Waals surface area contributed by atoms with E-state index >= 15 is 0 Å². The lowest BCUT2D eigenvalue weighted by atomic mass is 9.93. The van der Waals surface area contributed by atoms with Crippen LogP contribution in [0.5, 0.6) is 0 Å². The first-order valence-electron chi connectivity index (χ1n) is 8.64. The van der Waals surface area contributed by atoms with Crippen LogP contribution in [0.4, 0.5) is 0 Å². The summed E-state index contributed by atoms with van der Waals surface area (Å²) in [6.45, 7) is 5.52. The van der Waals surface area contributed by atoms with E-state index in [-0.39, 0.29) is 17.6 Å². The van der Waals surface area contributed by atoms with Gasteiger partial charge >= 0.3 is 0 Å². The Kier molecular flexibility index (Phi) is 7.10. The van der Waals surface area contributed by atoms with Gasteiger partial charge in [-0.3, -0.25) is 9.89 Å². The van der Waals surface area contributed by atoms with Crippen LogP contribution in [-0.2, 0) is 9.84 Å². The third-order valence-corrected chi connectivity index (χ3v) is 6.11. The summed E-state index contributed by atoms with van der Waals surface area (Å²) in [5.41, 5.74) is 0. The summed E-state index contributed by atoms with van der Waals surface area (Å²) in [6.07, 6.45) is 3.48. The second kappa shape index (κ2) is 8.84. The zero-order valence-corrected chi connectivity index (χ0v) is 14.8. The Balaban J connectivity index is 1.75. The number of nitrogens with one attached hydrogen (secondary N) is 2. The number of aliphatic hydroxyl groups excluding tert-OH is 1. The second-order valence-corrected chi connectivity index (χ2v) is 8.71. The van der Waals surface area contributed by atoms with E-state index in [1.54, 1.807) is 0 Å². The SMILES string of the molecule is CCNC(=NCCN1CCS(=O)(=O)CC1)NC1CCC(O)CC1. The monoisotopic (exact) mass is 346 g/mol. The van der Waals surface area contributed by atoms with E-state index in [4.69, 9.17) is 0 Å². The van der Waals surface area contributed by atoms with Gasteiger partial charge in [-0.25, -0.2) is 8.42 Å². The van der Waals surface area contributed by atoms with Gasteiger partial charge in [0.1, 0.15) is 0 Å². The number of aliphatic hydroxyl groups is 1.